The summed E-state index contributed by atoms with van der Waals surface area (Å²) in [4.78, 5) is 0. The number of rotatable bonds is 4. The number of nitrogen functional groups attached to an aromatic ring is 1. The highest BCUT2D eigenvalue weighted by molar-refractivity contribution is 5.94. The maximum absolute atomic E-state index is 8.46. The van der Waals surface area contributed by atoms with Gasteiger partial charge in [-0.1, -0.05) is 90.8 Å². The van der Waals surface area contributed by atoms with Crippen molar-refractivity contribution < 1.29 is 13.7 Å². The molecule has 0 radical (unpaired) electrons. The molecule has 3 N–H and O–H groups in total. The third kappa shape index (κ3) is 3.17. The molecular weight excluding hydrogens is 316 g/mol. The van der Waals surface area contributed by atoms with Crippen LogP contribution < -0.4 is 11.1 Å². The van der Waals surface area contributed by atoms with Gasteiger partial charge in [-0.25, -0.2) is 0 Å². The van der Waals surface area contributed by atoms with E-state index in [9.17, 15) is 0 Å². The Kier molecular flexibility index (Phi) is 2.27. The van der Waals surface area contributed by atoms with E-state index in [1.807, 2.05) is 0 Å². The zero-order chi connectivity index (χ0) is 26.5. The van der Waals surface area contributed by atoms with Crippen molar-refractivity contribution in [3.63, 3.8) is 0 Å². The third-order valence-electron chi connectivity index (χ3n) is 3.82. The zero-order valence-corrected chi connectivity index (χ0v) is 13.6. The van der Waals surface area contributed by atoms with Gasteiger partial charge in [0, 0.05) is 11.1 Å². The summed E-state index contributed by atoms with van der Waals surface area (Å²) >= 11 is 0. The number of hydrogen-bond donors (Lipinski definition) is 2. The largest absolute Gasteiger partial charge is 0.397 e. The first-order valence-electron chi connectivity index (χ1n) is 12.9. The van der Waals surface area contributed by atoms with Crippen molar-refractivity contribution in [2.24, 2.45) is 0 Å². The summed E-state index contributed by atoms with van der Waals surface area (Å²) < 4.78 is 82.1. The Morgan fingerprint density at radius 1 is 0.654 bits per heavy atom. The highest BCUT2D eigenvalue weighted by Gasteiger charge is 2.13. The molecule has 0 unspecified atom stereocenters. The van der Waals surface area contributed by atoms with Crippen LogP contribution in [0.4, 0.5) is 17.1 Å². The predicted octanol–water partition coefficient (Wildman–Crippen LogP) is 6.35. The lowest BCUT2D eigenvalue weighted by Crippen LogP contribution is -1.99. The summed E-state index contributed by atoms with van der Waals surface area (Å²) in [7, 11) is 0. The van der Waals surface area contributed by atoms with Crippen molar-refractivity contribution in [2.45, 2.75) is 0 Å². The Labute approximate surface area is 168 Å². The summed E-state index contributed by atoms with van der Waals surface area (Å²) in [6.45, 7) is 0. The van der Waals surface area contributed by atoms with E-state index in [1.165, 1.54) is 18.2 Å². The van der Waals surface area contributed by atoms with Crippen LogP contribution in [0.3, 0.4) is 0 Å². The maximum Gasteiger partial charge on any atom is 0.0629 e. The summed E-state index contributed by atoms with van der Waals surface area (Å²) in [6.07, 6.45) is 0. The van der Waals surface area contributed by atoms with Gasteiger partial charge in [-0.15, -0.1) is 0 Å². The lowest BCUT2D eigenvalue weighted by Gasteiger charge is -2.18. The maximum atomic E-state index is 8.46. The molecule has 0 aliphatic heterocycles. The van der Waals surface area contributed by atoms with E-state index in [-0.39, 0.29) is 27.9 Å². The second-order valence-electron chi connectivity index (χ2n) is 5.44. The fourth-order valence-corrected chi connectivity index (χ4v) is 2.62. The van der Waals surface area contributed by atoms with Gasteiger partial charge >= 0.3 is 0 Å². The Balaban J connectivity index is 2.15. The van der Waals surface area contributed by atoms with Gasteiger partial charge in [0.25, 0.3) is 0 Å². The highest BCUT2D eigenvalue weighted by Crippen LogP contribution is 2.39. The Morgan fingerprint density at radius 2 is 1.19 bits per heavy atom. The van der Waals surface area contributed by atoms with Gasteiger partial charge in [0.15, 0.2) is 0 Å². The van der Waals surface area contributed by atoms with Crippen molar-refractivity contribution in [3.8, 4) is 22.3 Å². The normalized spacial score (nSPS) is 15.8. The minimum atomic E-state index is -0.544. The molecule has 0 saturated heterocycles. The molecule has 0 aliphatic rings. The van der Waals surface area contributed by atoms with E-state index in [2.05, 4.69) is 5.32 Å². The van der Waals surface area contributed by atoms with Crippen LogP contribution in [-0.4, -0.2) is 0 Å². The molecule has 4 aromatic carbocycles. The van der Waals surface area contributed by atoms with Gasteiger partial charge in [0.1, 0.15) is 0 Å². The minimum Gasteiger partial charge on any atom is -0.397 e. The minimum absolute atomic E-state index is 0.104. The predicted molar refractivity (Wildman–Crippen MR) is 111 cm³/mol. The quantitative estimate of drug-likeness (QED) is 0.423. The van der Waals surface area contributed by atoms with Crippen molar-refractivity contribution in [1.29, 1.82) is 0 Å². The van der Waals surface area contributed by atoms with E-state index < -0.39 is 60.4 Å². The number of para-hydroxylation sites is 3. The monoisotopic (exact) mass is 346 g/mol. The molecule has 126 valence electrons. The molecule has 0 aromatic heterocycles. The molecule has 0 aliphatic carbocycles. The van der Waals surface area contributed by atoms with Crippen molar-refractivity contribution in [2.75, 3.05) is 11.1 Å². The standard InChI is InChI=1S/C24H20N2/c25-22-16-7-8-17-23(22)26-24-20(18-10-3-1-4-11-18)14-9-15-21(24)19-12-5-2-6-13-19/h1-17,26H,25H2/i1D,2D,3D,4D,5D,6D,10D,11D,12D,13D. The van der Waals surface area contributed by atoms with Crippen LogP contribution in [0.1, 0.15) is 13.7 Å². The Morgan fingerprint density at radius 3 is 1.73 bits per heavy atom. The Hall–Kier alpha value is -3.52. The average molecular weight is 346 g/mol. The van der Waals surface area contributed by atoms with E-state index in [1.54, 1.807) is 24.3 Å². The first kappa shape index (κ1) is 8.24. The van der Waals surface area contributed by atoms with Crippen LogP contribution in [0.15, 0.2) is 103 Å². The summed E-state index contributed by atoms with van der Waals surface area (Å²) in [5, 5.41) is 3.13. The van der Waals surface area contributed by atoms with E-state index in [0.717, 1.165) is 0 Å². The molecule has 2 heteroatoms. The zero-order valence-electron chi connectivity index (χ0n) is 23.6. The number of benzene rings is 4. The van der Waals surface area contributed by atoms with Crippen LogP contribution in [0.5, 0.6) is 0 Å². The summed E-state index contributed by atoms with van der Waals surface area (Å²) in [5.41, 5.74) is 7.22. The van der Waals surface area contributed by atoms with Crippen molar-refractivity contribution >= 4 is 17.1 Å². The molecule has 0 atom stereocenters. The van der Waals surface area contributed by atoms with Crippen LogP contribution in [0.25, 0.3) is 22.3 Å². The average Bonchev–Trinajstić information content (AvgIpc) is 2.86. The van der Waals surface area contributed by atoms with Crippen LogP contribution in [0.2, 0.25) is 0 Å². The first-order valence-corrected chi connectivity index (χ1v) is 7.86. The summed E-state index contributed by atoms with van der Waals surface area (Å²) in [6, 6.07) is 6.40. The van der Waals surface area contributed by atoms with E-state index >= 15 is 0 Å². The molecule has 0 fully saturated rings. The van der Waals surface area contributed by atoms with Crippen LogP contribution >= 0.6 is 0 Å². The van der Waals surface area contributed by atoms with Gasteiger partial charge in [-0.2, -0.15) is 0 Å². The van der Waals surface area contributed by atoms with Crippen molar-refractivity contribution in [3.05, 3.63) is 103 Å². The first-order chi connectivity index (χ1) is 17.0. The number of nitrogens with two attached hydrogens (primary N) is 1. The molecule has 0 bridgehead atoms. The van der Waals surface area contributed by atoms with Gasteiger partial charge < -0.3 is 11.1 Å². The SMILES string of the molecule is [2H]c1c([2H])c([2H])c(-c2cccc(-c3c([2H])c([2H])c([2H])c([2H])c3[2H])c2Nc2ccccc2N)c([2H])c1[2H]. The lowest BCUT2D eigenvalue weighted by atomic mass is 9.95. The second-order valence-corrected chi connectivity index (χ2v) is 5.44. The van der Waals surface area contributed by atoms with Crippen LogP contribution in [-0.2, 0) is 0 Å². The number of hydrogen-bond acceptors (Lipinski definition) is 2. The van der Waals surface area contributed by atoms with Gasteiger partial charge in [0.2, 0.25) is 0 Å². The second kappa shape index (κ2) is 7.16. The van der Waals surface area contributed by atoms with Crippen molar-refractivity contribution in [1.82, 2.24) is 0 Å². The van der Waals surface area contributed by atoms with E-state index in [4.69, 9.17) is 19.4 Å². The molecule has 0 saturated carbocycles. The molecule has 4 aromatic rings. The lowest BCUT2D eigenvalue weighted by molar-refractivity contribution is 1.52. The van der Waals surface area contributed by atoms with Gasteiger partial charge in [-0.3, -0.25) is 0 Å². The van der Waals surface area contributed by atoms with Gasteiger partial charge in [-0.05, 0) is 23.3 Å². The molecular formula is C24H20N2. The number of nitrogens with one attached hydrogen (secondary N) is 1. The van der Waals surface area contributed by atoms with Crippen LogP contribution in [0, 0.1) is 0 Å². The fraction of sp³-hybridized carbons (Fsp3) is 0. The summed E-state index contributed by atoms with van der Waals surface area (Å²) in [5.74, 6) is 0. The topological polar surface area (TPSA) is 38.0 Å². The number of anilines is 3. The molecule has 0 spiro atoms. The molecule has 0 heterocycles. The van der Waals surface area contributed by atoms with Gasteiger partial charge in [0.05, 0.1) is 30.8 Å². The molecule has 2 nitrogen and oxygen atoms in total. The Bertz CT molecular complexity index is 1390. The fourth-order valence-electron chi connectivity index (χ4n) is 2.62. The smallest absolute Gasteiger partial charge is 0.0629 e. The van der Waals surface area contributed by atoms with E-state index in [0.29, 0.717) is 11.4 Å². The third-order valence-corrected chi connectivity index (χ3v) is 3.82. The molecule has 4 rings (SSSR count). The highest BCUT2D eigenvalue weighted by atomic mass is 14.9. The molecule has 0 amide bonds. The molecule has 26 heavy (non-hydrogen) atoms.